The van der Waals surface area contributed by atoms with Crippen LogP contribution in [-0.2, 0) is 14.3 Å². The Labute approximate surface area is 161 Å². The quantitative estimate of drug-likeness (QED) is 0.157. The molecule has 1 rings (SSSR count). The van der Waals surface area contributed by atoms with Gasteiger partial charge in [0.15, 0.2) is 0 Å². The average Bonchev–Trinajstić information content (AvgIpc) is 3.52. The summed E-state index contributed by atoms with van der Waals surface area (Å²) in [7, 11) is 0. The van der Waals surface area contributed by atoms with E-state index < -0.39 is 0 Å². The largest absolute Gasteiger partial charge is 0.463 e. The molecule has 154 valence electrons. The third-order valence-corrected chi connectivity index (χ3v) is 4.20. The van der Waals surface area contributed by atoms with Crippen LogP contribution in [0, 0.1) is 0 Å². The SMILES string of the molecule is C1CO1.CCCCCCCC/C=C\CCCCCCCC(=O)OCCO. The monoisotopic (exact) mass is 370 g/mol. The van der Waals surface area contributed by atoms with E-state index in [1.54, 1.807) is 0 Å². The lowest BCUT2D eigenvalue weighted by Gasteiger charge is -2.02. The molecular formula is C22H42O4. The minimum atomic E-state index is -0.184. The van der Waals surface area contributed by atoms with Gasteiger partial charge in [0.25, 0.3) is 0 Å². The Morgan fingerprint density at radius 1 is 0.885 bits per heavy atom. The molecule has 4 heteroatoms. The maximum atomic E-state index is 11.2. The minimum Gasteiger partial charge on any atom is -0.463 e. The fourth-order valence-corrected chi connectivity index (χ4v) is 2.57. The number of carbonyl (C=O) groups excluding carboxylic acids is 1. The highest BCUT2D eigenvalue weighted by atomic mass is 16.6. The van der Waals surface area contributed by atoms with Gasteiger partial charge in [-0.15, -0.1) is 0 Å². The summed E-state index contributed by atoms with van der Waals surface area (Å²) in [6.45, 7) is 4.30. The summed E-state index contributed by atoms with van der Waals surface area (Å²) in [5.74, 6) is -0.184. The van der Waals surface area contributed by atoms with Gasteiger partial charge in [-0.25, -0.2) is 0 Å². The molecule has 0 aromatic heterocycles. The second-order valence-corrected chi connectivity index (χ2v) is 6.89. The Bertz CT molecular complexity index is 311. The first-order chi connectivity index (χ1) is 12.8. The summed E-state index contributed by atoms with van der Waals surface area (Å²) in [6, 6.07) is 0. The normalized spacial score (nSPS) is 12.7. The van der Waals surface area contributed by atoms with Crippen LogP contribution in [0.4, 0.5) is 0 Å². The van der Waals surface area contributed by atoms with E-state index in [-0.39, 0.29) is 19.2 Å². The van der Waals surface area contributed by atoms with Crippen LogP contribution in [0.2, 0.25) is 0 Å². The Morgan fingerprint density at radius 2 is 1.38 bits per heavy atom. The standard InChI is InChI=1S/C20H38O3.C2H4O/c1-2-3-4-5-6-7-8-9-10-11-12-13-14-15-16-17-20(22)23-19-18-21;1-2-3-1/h9-10,21H,2-8,11-19H2,1H3;1-2H2/b10-9-;. The number of hydrogen-bond donors (Lipinski definition) is 1. The zero-order valence-corrected chi connectivity index (χ0v) is 17.1. The van der Waals surface area contributed by atoms with Crippen molar-refractivity contribution in [3.8, 4) is 0 Å². The fourth-order valence-electron chi connectivity index (χ4n) is 2.57. The molecule has 1 N–H and O–H groups in total. The Morgan fingerprint density at radius 3 is 1.88 bits per heavy atom. The first-order valence-corrected chi connectivity index (χ1v) is 10.8. The van der Waals surface area contributed by atoms with Crippen molar-refractivity contribution in [2.75, 3.05) is 26.4 Å². The predicted molar refractivity (Wildman–Crippen MR) is 108 cm³/mol. The molecule has 1 fully saturated rings. The summed E-state index contributed by atoms with van der Waals surface area (Å²) in [5.41, 5.74) is 0. The van der Waals surface area contributed by atoms with Crippen molar-refractivity contribution < 1.29 is 19.4 Å². The lowest BCUT2D eigenvalue weighted by molar-refractivity contribution is -0.144. The van der Waals surface area contributed by atoms with Gasteiger partial charge in [-0.3, -0.25) is 4.79 Å². The lowest BCUT2D eigenvalue weighted by Crippen LogP contribution is -2.07. The van der Waals surface area contributed by atoms with Crippen LogP contribution in [0.5, 0.6) is 0 Å². The summed E-state index contributed by atoms with van der Waals surface area (Å²) >= 11 is 0. The van der Waals surface area contributed by atoms with Gasteiger partial charge in [-0.05, 0) is 32.1 Å². The summed E-state index contributed by atoms with van der Waals surface area (Å²) in [6.07, 6.45) is 21.5. The number of carbonyl (C=O) groups is 1. The second kappa shape index (κ2) is 22.2. The number of allylic oxidation sites excluding steroid dienone is 2. The molecule has 0 aromatic carbocycles. The van der Waals surface area contributed by atoms with E-state index in [0.29, 0.717) is 6.42 Å². The number of hydrogen-bond acceptors (Lipinski definition) is 4. The van der Waals surface area contributed by atoms with Crippen LogP contribution < -0.4 is 0 Å². The highest BCUT2D eigenvalue weighted by Gasteiger charge is 2.01. The predicted octanol–water partition coefficient (Wildman–Crippen LogP) is 5.58. The topological polar surface area (TPSA) is 59.1 Å². The smallest absolute Gasteiger partial charge is 0.305 e. The van der Waals surface area contributed by atoms with Gasteiger partial charge < -0.3 is 14.6 Å². The molecule has 4 nitrogen and oxygen atoms in total. The fraction of sp³-hybridized carbons (Fsp3) is 0.864. The first-order valence-electron chi connectivity index (χ1n) is 10.8. The van der Waals surface area contributed by atoms with Crippen LogP contribution in [-0.4, -0.2) is 37.5 Å². The molecule has 0 unspecified atom stereocenters. The number of unbranched alkanes of at least 4 members (excludes halogenated alkanes) is 11. The molecule has 0 saturated carbocycles. The minimum absolute atomic E-state index is 0.0852. The molecule has 0 aliphatic carbocycles. The van der Waals surface area contributed by atoms with E-state index >= 15 is 0 Å². The molecule has 1 aliphatic rings. The highest BCUT2D eigenvalue weighted by Crippen LogP contribution is 2.10. The van der Waals surface area contributed by atoms with E-state index in [1.165, 1.54) is 70.6 Å². The zero-order valence-electron chi connectivity index (χ0n) is 17.1. The molecule has 0 amide bonds. The Kier molecular flexibility index (Phi) is 21.4. The van der Waals surface area contributed by atoms with Gasteiger partial charge >= 0.3 is 5.97 Å². The van der Waals surface area contributed by atoms with Gasteiger partial charge in [-0.2, -0.15) is 0 Å². The van der Waals surface area contributed by atoms with E-state index in [9.17, 15) is 4.79 Å². The maximum Gasteiger partial charge on any atom is 0.305 e. The Hall–Kier alpha value is -0.870. The van der Waals surface area contributed by atoms with Crippen LogP contribution >= 0.6 is 0 Å². The molecular weight excluding hydrogens is 328 g/mol. The van der Waals surface area contributed by atoms with Crippen molar-refractivity contribution in [3.63, 3.8) is 0 Å². The molecule has 0 radical (unpaired) electrons. The van der Waals surface area contributed by atoms with Crippen LogP contribution in [0.15, 0.2) is 12.2 Å². The highest BCUT2D eigenvalue weighted by molar-refractivity contribution is 5.69. The van der Waals surface area contributed by atoms with E-state index in [1.807, 2.05) is 0 Å². The third-order valence-electron chi connectivity index (χ3n) is 4.20. The van der Waals surface area contributed by atoms with Crippen LogP contribution in [0.1, 0.15) is 96.8 Å². The van der Waals surface area contributed by atoms with Gasteiger partial charge in [0, 0.05) is 6.42 Å². The summed E-state index contributed by atoms with van der Waals surface area (Å²) in [4.78, 5) is 11.2. The molecule has 0 bridgehead atoms. The number of aliphatic hydroxyl groups excluding tert-OH is 1. The molecule has 1 heterocycles. The molecule has 0 aromatic rings. The second-order valence-electron chi connectivity index (χ2n) is 6.89. The Balaban J connectivity index is 0.00000187. The van der Waals surface area contributed by atoms with Crippen molar-refractivity contribution in [1.29, 1.82) is 0 Å². The molecule has 1 saturated heterocycles. The van der Waals surface area contributed by atoms with Crippen molar-refractivity contribution in [2.45, 2.75) is 96.8 Å². The van der Waals surface area contributed by atoms with Crippen molar-refractivity contribution in [1.82, 2.24) is 0 Å². The van der Waals surface area contributed by atoms with Gasteiger partial charge in [-0.1, -0.05) is 70.4 Å². The number of rotatable bonds is 17. The average molecular weight is 371 g/mol. The van der Waals surface area contributed by atoms with Crippen molar-refractivity contribution in [3.05, 3.63) is 12.2 Å². The van der Waals surface area contributed by atoms with E-state index in [4.69, 9.17) is 9.84 Å². The van der Waals surface area contributed by atoms with Gasteiger partial charge in [0.05, 0.1) is 19.8 Å². The lowest BCUT2D eigenvalue weighted by atomic mass is 10.1. The number of esters is 1. The number of ether oxygens (including phenoxy) is 2. The summed E-state index contributed by atoms with van der Waals surface area (Å²) in [5, 5.41) is 8.54. The van der Waals surface area contributed by atoms with Crippen LogP contribution in [0.3, 0.4) is 0 Å². The van der Waals surface area contributed by atoms with Crippen molar-refractivity contribution >= 4 is 5.97 Å². The molecule has 0 spiro atoms. The van der Waals surface area contributed by atoms with Gasteiger partial charge in [0.1, 0.15) is 6.61 Å². The third kappa shape index (κ3) is 25.4. The zero-order chi connectivity index (χ0) is 19.1. The van der Waals surface area contributed by atoms with Gasteiger partial charge in [0.2, 0.25) is 0 Å². The summed E-state index contributed by atoms with van der Waals surface area (Å²) < 4.78 is 9.31. The first kappa shape index (κ1) is 25.1. The molecule has 1 aliphatic heterocycles. The van der Waals surface area contributed by atoms with E-state index in [2.05, 4.69) is 23.8 Å². The molecule has 26 heavy (non-hydrogen) atoms. The number of epoxide rings is 1. The number of aliphatic hydroxyl groups is 1. The van der Waals surface area contributed by atoms with Crippen molar-refractivity contribution in [2.24, 2.45) is 0 Å². The van der Waals surface area contributed by atoms with E-state index in [0.717, 1.165) is 26.1 Å². The maximum absolute atomic E-state index is 11.2. The molecule has 0 atom stereocenters. The van der Waals surface area contributed by atoms with Crippen LogP contribution in [0.25, 0.3) is 0 Å².